The van der Waals surface area contributed by atoms with Gasteiger partial charge in [0.05, 0.1) is 31.8 Å². The molecule has 0 saturated heterocycles. The van der Waals surface area contributed by atoms with Gasteiger partial charge in [-0.05, 0) is 19.1 Å². The monoisotopic (exact) mass is 219 g/mol. The van der Waals surface area contributed by atoms with Crippen LogP contribution in [-0.2, 0) is 0 Å². The van der Waals surface area contributed by atoms with Crippen molar-refractivity contribution in [2.75, 3.05) is 12.4 Å². The van der Waals surface area contributed by atoms with Crippen molar-refractivity contribution in [2.45, 2.75) is 13.0 Å². The Morgan fingerprint density at radius 2 is 2.12 bits per heavy atom. The first-order valence-electron chi connectivity index (χ1n) is 4.95. The Balaban J connectivity index is 2.03. The maximum atomic E-state index is 5.27. The van der Waals surface area contributed by atoms with Gasteiger partial charge in [-0.2, -0.15) is 0 Å². The van der Waals surface area contributed by atoms with E-state index < -0.39 is 0 Å². The van der Waals surface area contributed by atoms with E-state index in [9.17, 15) is 0 Å². The quantitative estimate of drug-likeness (QED) is 0.854. The summed E-state index contributed by atoms with van der Waals surface area (Å²) in [5.74, 6) is 2.03. The van der Waals surface area contributed by atoms with Crippen LogP contribution in [0.5, 0.6) is 5.75 Å². The lowest BCUT2D eigenvalue weighted by molar-refractivity contribution is 0.410. The molecule has 5 nitrogen and oxygen atoms in total. The van der Waals surface area contributed by atoms with Gasteiger partial charge < -0.3 is 14.5 Å². The zero-order valence-corrected chi connectivity index (χ0v) is 9.18. The number of hydrogen-bond acceptors (Lipinski definition) is 5. The third-order valence-electron chi connectivity index (χ3n) is 2.18. The van der Waals surface area contributed by atoms with Crippen LogP contribution in [0, 0.1) is 0 Å². The normalized spacial score (nSPS) is 12.1. The highest BCUT2D eigenvalue weighted by Gasteiger charge is 2.08. The summed E-state index contributed by atoms with van der Waals surface area (Å²) >= 11 is 0. The lowest BCUT2D eigenvalue weighted by atomic mass is 10.2. The van der Waals surface area contributed by atoms with E-state index in [0.717, 1.165) is 5.76 Å². The van der Waals surface area contributed by atoms with Crippen LogP contribution in [0.25, 0.3) is 0 Å². The highest BCUT2D eigenvalue weighted by molar-refractivity contribution is 5.29. The molecule has 2 heterocycles. The number of methoxy groups -OCH3 is 1. The zero-order valence-electron chi connectivity index (χ0n) is 9.18. The number of aromatic nitrogens is 2. The molecule has 0 radical (unpaired) electrons. The summed E-state index contributed by atoms with van der Waals surface area (Å²) in [4.78, 5) is 8.22. The summed E-state index contributed by atoms with van der Waals surface area (Å²) in [5.41, 5.74) is 0. The van der Waals surface area contributed by atoms with Gasteiger partial charge in [-0.25, -0.2) is 9.97 Å². The fraction of sp³-hybridized carbons (Fsp3) is 0.273. The number of ether oxygens (including phenoxy) is 1. The van der Waals surface area contributed by atoms with E-state index >= 15 is 0 Å². The molecule has 0 aliphatic carbocycles. The third kappa shape index (κ3) is 2.31. The lowest BCUT2D eigenvalue weighted by Crippen LogP contribution is -2.08. The second kappa shape index (κ2) is 4.65. The van der Waals surface area contributed by atoms with Crippen molar-refractivity contribution in [2.24, 2.45) is 0 Å². The fourth-order valence-corrected chi connectivity index (χ4v) is 1.30. The first-order valence-corrected chi connectivity index (χ1v) is 4.95. The summed E-state index contributed by atoms with van der Waals surface area (Å²) in [5, 5.41) is 3.12. The van der Waals surface area contributed by atoms with Gasteiger partial charge in [-0.3, -0.25) is 0 Å². The second-order valence-corrected chi connectivity index (χ2v) is 3.33. The number of rotatable bonds is 4. The van der Waals surface area contributed by atoms with Crippen molar-refractivity contribution in [3.63, 3.8) is 0 Å². The predicted molar refractivity (Wildman–Crippen MR) is 59.3 cm³/mol. The van der Waals surface area contributed by atoms with Crippen LogP contribution in [0.1, 0.15) is 18.7 Å². The Morgan fingerprint density at radius 1 is 1.38 bits per heavy atom. The molecule has 0 spiro atoms. The van der Waals surface area contributed by atoms with Crippen LogP contribution >= 0.6 is 0 Å². The highest BCUT2D eigenvalue weighted by atomic mass is 16.5. The van der Waals surface area contributed by atoms with Crippen molar-refractivity contribution in [1.82, 2.24) is 9.97 Å². The molecule has 16 heavy (non-hydrogen) atoms. The van der Waals surface area contributed by atoms with E-state index in [2.05, 4.69) is 15.3 Å². The molecule has 84 valence electrons. The average Bonchev–Trinajstić information content (AvgIpc) is 2.83. The fourth-order valence-electron chi connectivity index (χ4n) is 1.30. The van der Waals surface area contributed by atoms with Gasteiger partial charge in [0.2, 0.25) is 5.95 Å². The van der Waals surface area contributed by atoms with Crippen molar-refractivity contribution in [3.8, 4) is 5.75 Å². The van der Waals surface area contributed by atoms with E-state index in [-0.39, 0.29) is 6.04 Å². The van der Waals surface area contributed by atoms with Crippen LogP contribution in [0.4, 0.5) is 5.95 Å². The Hall–Kier alpha value is -2.04. The Kier molecular flexibility index (Phi) is 3.05. The van der Waals surface area contributed by atoms with Crippen LogP contribution in [-0.4, -0.2) is 17.1 Å². The van der Waals surface area contributed by atoms with E-state index in [1.165, 1.54) is 0 Å². The SMILES string of the molecule is COc1cnc(NC(C)c2ccco2)nc1. The molecule has 1 atom stereocenters. The molecule has 0 amide bonds. The number of anilines is 1. The summed E-state index contributed by atoms with van der Waals surface area (Å²) in [7, 11) is 1.58. The van der Waals surface area contributed by atoms with Gasteiger partial charge in [0, 0.05) is 0 Å². The molecular weight excluding hydrogens is 206 g/mol. The molecule has 2 aromatic heterocycles. The minimum atomic E-state index is 0.0309. The van der Waals surface area contributed by atoms with Gasteiger partial charge in [0.1, 0.15) is 5.76 Å². The molecule has 1 unspecified atom stereocenters. The Bertz CT molecular complexity index is 425. The predicted octanol–water partition coefficient (Wildman–Crippen LogP) is 2.25. The largest absolute Gasteiger partial charge is 0.494 e. The van der Waals surface area contributed by atoms with E-state index in [1.54, 1.807) is 25.8 Å². The molecule has 0 fully saturated rings. The van der Waals surface area contributed by atoms with Crippen LogP contribution in [0.15, 0.2) is 35.2 Å². The molecule has 1 N–H and O–H groups in total. The maximum absolute atomic E-state index is 5.27. The van der Waals surface area contributed by atoms with E-state index in [4.69, 9.17) is 9.15 Å². The number of nitrogens with zero attached hydrogens (tertiary/aromatic N) is 2. The van der Waals surface area contributed by atoms with Gasteiger partial charge in [0.25, 0.3) is 0 Å². The van der Waals surface area contributed by atoms with Crippen molar-refractivity contribution in [1.29, 1.82) is 0 Å². The summed E-state index contributed by atoms with van der Waals surface area (Å²) < 4.78 is 10.2. The highest BCUT2D eigenvalue weighted by Crippen LogP contribution is 2.17. The minimum Gasteiger partial charge on any atom is -0.494 e. The topological polar surface area (TPSA) is 60.2 Å². The van der Waals surface area contributed by atoms with Crippen molar-refractivity contribution >= 4 is 5.95 Å². The van der Waals surface area contributed by atoms with Gasteiger partial charge in [-0.15, -0.1) is 0 Å². The molecule has 2 rings (SSSR count). The maximum Gasteiger partial charge on any atom is 0.223 e. The van der Waals surface area contributed by atoms with Gasteiger partial charge in [-0.1, -0.05) is 0 Å². The van der Waals surface area contributed by atoms with Crippen molar-refractivity contribution in [3.05, 3.63) is 36.5 Å². The second-order valence-electron chi connectivity index (χ2n) is 3.33. The third-order valence-corrected chi connectivity index (χ3v) is 2.18. The average molecular weight is 219 g/mol. The zero-order chi connectivity index (χ0) is 11.4. The van der Waals surface area contributed by atoms with Gasteiger partial charge >= 0.3 is 0 Å². The van der Waals surface area contributed by atoms with E-state index in [0.29, 0.717) is 11.7 Å². The molecule has 0 aliphatic heterocycles. The molecule has 0 bridgehead atoms. The van der Waals surface area contributed by atoms with Crippen molar-refractivity contribution < 1.29 is 9.15 Å². The number of nitrogens with one attached hydrogen (secondary N) is 1. The summed E-state index contributed by atoms with van der Waals surface area (Å²) in [6, 6.07) is 3.78. The molecule has 2 aromatic rings. The molecule has 0 aromatic carbocycles. The lowest BCUT2D eigenvalue weighted by Gasteiger charge is -2.10. The molecule has 0 saturated carbocycles. The summed E-state index contributed by atoms with van der Waals surface area (Å²) in [6.07, 6.45) is 4.87. The summed E-state index contributed by atoms with van der Waals surface area (Å²) in [6.45, 7) is 1.98. The smallest absolute Gasteiger partial charge is 0.223 e. The van der Waals surface area contributed by atoms with E-state index in [1.807, 2.05) is 19.1 Å². The molecular formula is C11H13N3O2. The minimum absolute atomic E-state index is 0.0309. The van der Waals surface area contributed by atoms with Crippen LogP contribution in [0.3, 0.4) is 0 Å². The molecule has 5 heteroatoms. The van der Waals surface area contributed by atoms with Gasteiger partial charge in [0.15, 0.2) is 5.75 Å². The Labute approximate surface area is 93.5 Å². The number of furan rings is 1. The Morgan fingerprint density at radius 3 is 2.69 bits per heavy atom. The van der Waals surface area contributed by atoms with Crippen LogP contribution in [0.2, 0.25) is 0 Å². The first-order chi connectivity index (χ1) is 7.79. The number of hydrogen-bond donors (Lipinski definition) is 1. The molecule has 0 aliphatic rings. The standard InChI is InChI=1S/C11H13N3O2/c1-8(10-4-3-5-16-10)14-11-12-6-9(15-2)7-13-11/h3-8H,1-2H3,(H,12,13,14). The van der Waals surface area contributed by atoms with Crippen LogP contribution < -0.4 is 10.1 Å². The first kappa shape index (κ1) is 10.5.